The van der Waals surface area contributed by atoms with E-state index in [1.54, 1.807) is 17.2 Å². The van der Waals surface area contributed by atoms with Crippen LogP contribution in [-0.2, 0) is 14.3 Å². The predicted molar refractivity (Wildman–Crippen MR) is 60.7 cm³/mol. The first kappa shape index (κ1) is 12.6. The van der Waals surface area contributed by atoms with Gasteiger partial charge in [0.05, 0.1) is 31.4 Å². The number of carbonyl (C=O) groups excluding carboxylic acids is 1. The topological polar surface area (TPSA) is 95.5 Å². The highest BCUT2D eigenvalue weighted by Gasteiger charge is 2.29. The molecule has 0 bridgehead atoms. The van der Waals surface area contributed by atoms with Crippen LogP contribution in [0.1, 0.15) is 24.6 Å². The number of carbonyl (C=O) groups is 2. The number of rotatable bonds is 4. The van der Waals surface area contributed by atoms with Crippen molar-refractivity contribution in [2.45, 2.75) is 18.9 Å². The summed E-state index contributed by atoms with van der Waals surface area (Å²) in [6.07, 6.45) is 1.48. The van der Waals surface area contributed by atoms with Gasteiger partial charge in [-0.25, -0.2) is 0 Å². The lowest BCUT2D eigenvalue weighted by atomic mass is 10.1. The van der Waals surface area contributed by atoms with Gasteiger partial charge in [-0.15, -0.1) is 0 Å². The highest BCUT2D eigenvalue weighted by molar-refractivity contribution is 5.81. The van der Waals surface area contributed by atoms with E-state index in [0.29, 0.717) is 19.8 Å². The third kappa shape index (κ3) is 2.86. The molecule has 0 aliphatic carbocycles. The van der Waals surface area contributed by atoms with Crippen LogP contribution in [0, 0.1) is 0 Å². The van der Waals surface area contributed by atoms with Gasteiger partial charge in [0.1, 0.15) is 0 Å². The number of amides is 1. The van der Waals surface area contributed by atoms with Crippen LogP contribution in [0.3, 0.4) is 0 Å². The van der Waals surface area contributed by atoms with Crippen LogP contribution >= 0.6 is 0 Å². The van der Waals surface area contributed by atoms with Crippen LogP contribution in [-0.4, -0.2) is 51.8 Å². The summed E-state index contributed by atoms with van der Waals surface area (Å²) >= 11 is 0. The molecular weight excluding hydrogens is 238 g/mol. The average Bonchev–Trinajstić information content (AvgIpc) is 2.89. The molecule has 7 heteroatoms. The van der Waals surface area contributed by atoms with E-state index >= 15 is 0 Å². The number of H-pyrrole nitrogens is 1. The van der Waals surface area contributed by atoms with Crippen LogP contribution in [0.15, 0.2) is 12.3 Å². The molecule has 7 nitrogen and oxygen atoms in total. The van der Waals surface area contributed by atoms with E-state index in [1.165, 1.54) is 0 Å². The Morgan fingerprint density at radius 1 is 1.56 bits per heavy atom. The molecule has 0 aromatic carbocycles. The van der Waals surface area contributed by atoms with Gasteiger partial charge >= 0.3 is 5.97 Å². The third-order valence-electron chi connectivity index (χ3n) is 2.88. The second kappa shape index (κ2) is 5.63. The molecule has 1 aromatic rings. The molecule has 2 N–H and O–H groups in total. The average molecular weight is 253 g/mol. The number of hydrogen-bond donors (Lipinski definition) is 2. The van der Waals surface area contributed by atoms with Crippen molar-refractivity contribution in [2.24, 2.45) is 0 Å². The van der Waals surface area contributed by atoms with Crippen LogP contribution < -0.4 is 0 Å². The molecule has 1 aromatic heterocycles. The first-order valence-electron chi connectivity index (χ1n) is 5.77. The molecule has 1 fully saturated rings. The minimum atomic E-state index is -0.963. The minimum absolute atomic E-state index is 0.0139. The van der Waals surface area contributed by atoms with Gasteiger partial charge in [-0.2, -0.15) is 5.10 Å². The van der Waals surface area contributed by atoms with E-state index in [-0.39, 0.29) is 24.8 Å². The largest absolute Gasteiger partial charge is 0.481 e. The van der Waals surface area contributed by atoms with Gasteiger partial charge in [0.25, 0.3) is 0 Å². The summed E-state index contributed by atoms with van der Waals surface area (Å²) in [4.78, 5) is 24.1. The number of nitrogens with one attached hydrogen (secondary N) is 1. The first-order valence-corrected chi connectivity index (χ1v) is 5.77. The normalized spacial score (nSPS) is 19.8. The molecule has 1 atom stereocenters. The smallest absolute Gasteiger partial charge is 0.303 e. The van der Waals surface area contributed by atoms with Gasteiger partial charge in [-0.3, -0.25) is 14.7 Å². The predicted octanol–water partition coefficient (Wildman–Crippen LogP) is 0.174. The number of aliphatic carboxylic acids is 1. The van der Waals surface area contributed by atoms with E-state index in [9.17, 15) is 9.59 Å². The van der Waals surface area contributed by atoms with Crippen molar-refractivity contribution < 1.29 is 19.4 Å². The lowest BCUT2D eigenvalue weighted by Crippen LogP contribution is -2.43. The Hall–Kier alpha value is -1.89. The highest BCUT2D eigenvalue weighted by atomic mass is 16.5. The van der Waals surface area contributed by atoms with Crippen LogP contribution in [0.25, 0.3) is 0 Å². The summed E-state index contributed by atoms with van der Waals surface area (Å²) in [6.45, 7) is 1.35. The standard InChI is InChI=1S/C11H15N3O4/c15-10(1-2-11(16)17)14-5-6-18-7-9(14)8-3-4-12-13-8/h3-4,9H,1-2,5-7H2,(H,12,13)(H,16,17)/t9-/m0/s1. The summed E-state index contributed by atoms with van der Waals surface area (Å²) in [5, 5.41) is 15.3. The Balaban J connectivity index is 2.03. The quantitative estimate of drug-likeness (QED) is 0.797. The molecule has 2 rings (SSSR count). The Kier molecular flexibility index (Phi) is 3.93. The number of carboxylic acids is 1. The fourth-order valence-corrected chi connectivity index (χ4v) is 1.97. The molecule has 18 heavy (non-hydrogen) atoms. The second-order valence-corrected chi connectivity index (χ2v) is 4.08. The van der Waals surface area contributed by atoms with Gasteiger partial charge in [-0.1, -0.05) is 0 Å². The molecule has 0 spiro atoms. The SMILES string of the molecule is O=C(O)CCC(=O)N1CCOC[C@H]1c1ccn[nH]1. The van der Waals surface area contributed by atoms with E-state index in [2.05, 4.69) is 10.2 Å². The molecule has 0 radical (unpaired) electrons. The number of ether oxygens (including phenoxy) is 1. The van der Waals surface area contributed by atoms with Crippen molar-refractivity contribution in [1.82, 2.24) is 15.1 Å². The zero-order chi connectivity index (χ0) is 13.0. The maximum atomic E-state index is 12.0. The van der Waals surface area contributed by atoms with Crippen LogP contribution in [0.4, 0.5) is 0 Å². The summed E-state index contributed by atoms with van der Waals surface area (Å²) in [7, 11) is 0. The minimum Gasteiger partial charge on any atom is -0.481 e. The molecule has 0 unspecified atom stereocenters. The van der Waals surface area contributed by atoms with Crippen LogP contribution in [0.5, 0.6) is 0 Å². The maximum absolute atomic E-state index is 12.0. The zero-order valence-electron chi connectivity index (χ0n) is 9.83. The Morgan fingerprint density at radius 2 is 2.39 bits per heavy atom. The zero-order valence-corrected chi connectivity index (χ0v) is 9.83. The van der Waals surface area contributed by atoms with E-state index < -0.39 is 5.97 Å². The number of aromatic nitrogens is 2. The number of aromatic amines is 1. The first-order chi connectivity index (χ1) is 8.68. The van der Waals surface area contributed by atoms with Gasteiger partial charge in [0, 0.05) is 19.2 Å². The summed E-state index contributed by atoms with van der Waals surface area (Å²) < 4.78 is 5.35. The van der Waals surface area contributed by atoms with Crippen molar-refractivity contribution in [1.29, 1.82) is 0 Å². The van der Waals surface area contributed by atoms with Crippen molar-refractivity contribution in [3.63, 3.8) is 0 Å². The molecule has 98 valence electrons. The molecular formula is C11H15N3O4. The van der Waals surface area contributed by atoms with E-state index in [0.717, 1.165) is 5.69 Å². The highest BCUT2D eigenvalue weighted by Crippen LogP contribution is 2.23. The van der Waals surface area contributed by atoms with Crippen molar-refractivity contribution >= 4 is 11.9 Å². The van der Waals surface area contributed by atoms with E-state index in [1.807, 2.05) is 0 Å². The Bertz CT molecular complexity index is 418. The monoisotopic (exact) mass is 253 g/mol. The lowest BCUT2D eigenvalue weighted by molar-refractivity contribution is -0.145. The van der Waals surface area contributed by atoms with Gasteiger partial charge in [-0.05, 0) is 6.07 Å². The fourth-order valence-electron chi connectivity index (χ4n) is 1.97. The van der Waals surface area contributed by atoms with Crippen LogP contribution in [0.2, 0.25) is 0 Å². The summed E-state index contributed by atoms with van der Waals surface area (Å²) in [6, 6.07) is 1.58. The third-order valence-corrected chi connectivity index (χ3v) is 2.88. The number of hydrogen-bond acceptors (Lipinski definition) is 4. The molecule has 1 amide bonds. The van der Waals surface area contributed by atoms with Gasteiger partial charge < -0.3 is 14.7 Å². The van der Waals surface area contributed by atoms with Crippen molar-refractivity contribution in [3.05, 3.63) is 18.0 Å². The molecule has 1 saturated heterocycles. The Morgan fingerprint density at radius 3 is 3.06 bits per heavy atom. The molecule has 0 saturated carbocycles. The number of morpholine rings is 1. The maximum Gasteiger partial charge on any atom is 0.303 e. The number of nitrogens with zero attached hydrogens (tertiary/aromatic N) is 2. The molecule has 1 aliphatic rings. The lowest BCUT2D eigenvalue weighted by Gasteiger charge is -2.34. The van der Waals surface area contributed by atoms with Crippen molar-refractivity contribution in [3.8, 4) is 0 Å². The van der Waals surface area contributed by atoms with Crippen molar-refractivity contribution in [2.75, 3.05) is 19.8 Å². The van der Waals surface area contributed by atoms with Gasteiger partial charge in [0.2, 0.25) is 5.91 Å². The molecule has 1 aliphatic heterocycles. The number of carboxylic acid groups (broad SMARTS) is 1. The second-order valence-electron chi connectivity index (χ2n) is 4.08. The Labute approximate surface area is 104 Å². The summed E-state index contributed by atoms with van der Waals surface area (Å²) in [5.74, 6) is -1.13. The molecule has 2 heterocycles. The fraction of sp³-hybridized carbons (Fsp3) is 0.545. The van der Waals surface area contributed by atoms with Gasteiger partial charge in [0.15, 0.2) is 0 Å². The summed E-state index contributed by atoms with van der Waals surface area (Å²) in [5.41, 5.74) is 0.804. The van der Waals surface area contributed by atoms with E-state index in [4.69, 9.17) is 9.84 Å².